The summed E-state index contributed by atoms with van der Waals surface area (Å²) < 4.78 is 5.18. The van der Waals surface area contributed by atoms with Crippen LogP contribution >= 0.6 is 0 Å². The lowest BCUT2D eigenvalue weighted by molar-refractivity contribution is 0.0664. The zero-order chi connectivity index (χ0) is 18.4. The Hall–Kier alpha value is -1.66. The minimum Gasteiger partial charge on any atom is -0.385 e. The van der Waals surface area contributed by atoms with Crippen molar-refractivity contribution in [2.75, 3.05) is 64.9 Å². The van der Waals surface area contributed by atoms with Crippen LogP contribution in [0.5, 0.6) is 0 Å². The number of amides is 1. The molecule has 0 saturated carbocycles. The van der Waals surface area contributed by atoms with Gasteiger partial charge in [0.1, 0.15) is 5.82 Å². The van der Waals surface area contributed by atoms with E-state index in [4.69, 9.17) is 4.74 Å². The molecule has 3 heterocycles. The number of piperidine rings is 1. The lowest BCUT2D eigenvalue weighted by atomic mass is 9.93. The molecule has 0 N–H and O–H groups in total. The number of hydrogen-bond donors (Lipinski definition) is 0. The zero-order valence-corrected chi connectivity index (χ0v) is 16.2. The second-order valence-corrected chi connectivity index (χ2v) is 7.59. The van der Waals surface area contributed by atoms with Gasteiger partial charge in [0.15, 0.2) is 0 Å². The minimum absolute atomic E-state index is 0.135. The standard InChI is InChI=1S/C20H32N4O2/c1-22-10-12-23(13-11-22)20(25)18-7-8-21-19(15-18)24-9-3-5-17(16-24)6-4-14-26-2/h7-8,15,17H,3-6,9-14,16H2,1-2H3/t17-/m1/s1. The van der Waals surface area contributed by atoms with E-state index in [-0.39, 0.29) is 5.91 Å². The molecule has 0 bridgehead atoms. The van der Waals surface area contributed by atoms with Crippen LogP contribution in [-0.2, 0) is 4.74 Å². The van der Waals surface area contributed by atoms with E-state index in [1.807, 2.05) is 17.0 Å². The largest absolute Gasteiger partial charge is 0.385 e. The van der Waals surface area contributed by atoms with Gasteiger partial charge < -0.3 is 19.4 Å². The lowest BCUT2D eigenvalue weighted by Gasteiger charge is -2.34. The molecular weight excluding hydrogens is 328 g/mol. The molecular formula is C20H32N4O2. The number of methoxy groups -OCH3 is 1. The molecule has 3 rings (SSSR count). The Morgan fingerprint density at radius 1 is 1.27 bits per heavy atom. The fourth-order valence-corrected chi connectivity index (χ4v) is 3.94. The van der Waals surface area contributed by atoms with Crippen molar-refractivity contribution in [2.45, 2.75) is 25.7 Å². The first-order valence-electron chi connectivity index (χ1n) is 9.85. The molecule has 1 atom stereocenters. The van der Waals surface area contributed by atoms with Gasteiger partial charge in [-0.3, -0.25) is 4.79 Å². The van der Waals surface area contributed by atoms with Gasteiger partial charge in [-0.2, -0.15) is 0 Å². The van der Waals surface area contributed by atoms with Crippen molar-refractivity contribution in [3.8, 4) is 0 Å². The van der Waals surface area contributed by atoms with Crippen LogP contribution < -0.4 is 4.90 Å². The van der Waals surface area contributed by atoms with Crippen molar-refractivity contribution in [2.24, 2.45) is 5.92 Å². The highest BCUT2D eigenvalue weighted by molar-refractivity contribution is 5.95. The number of rotatable bonds is 6. The zero-order valence-electron chi connectivity index (χ0n) is 16.2. The van der Waals surface area contributed by atoms with Crippen LogP contribution in [0.15, 0.2) is 18.3 Å². The molecule has 2 fully saturated rings. The highest BCUT2D eigenvalue weighted by Gasteiger charge is 2.23. The lowest BCUT2D eigenvalue weighted by Crippen LogP contribution is -2.47. The fraction of sp³-hybridized carbons (Fsp3) is 0.700. The number of nitrogens with zero attached hydrogens (tertiary/aromatic N) is 4. The van der Waals surface area contributed by atoms with E-state index < -0.39 is 0 Å². The van der Waals surface area contributed by atoms with Crippen LogP contribution in [0.2, 0.25) is 0 Å². The van der Waals surface area contributed by atoms with Crippen molar-refractivity contribution in [3.63, 3.8) is 0 Å². The third-order valence-electron chi connectivity index (χ3n) is 5.59. The van der Waals surface area contributed by atoms with E-state index in [1.165, 1.54) is 19.3 Å². The number of piperazine rings is 1. The van der Waals surface area contributed by atoms with Gasteiger partial charge in [0.2, 0.25) is 0 Å². The molecule has 6 nitrogen and oxygen atoms in total. The maximum absolute atomic E-state index is 12.8. The summed E-state index contributed by atoms with van der Waals surface area (Å²) >= 11 is 0. The highest BCUT2D eigenvalue weighted by atomic mass is 16.5. The molecule has 26 heavy (non-hydrogen) atoms. The van der Waals surface area contributed by atoms with E-state index in [0.717, 1.165) is 63.7 Å². The first-order valence-corrected chi connectivity index (χ1v) is 9.85. The summed E-state index contributed by atoms with van der Waals surface area (Å²) in [6.07, 6.45) is 6.57. The highest BCUT2D eigenvalue weighted by Crippen LogP contribution is 2.25. The molecule has 2 saturated heterocycles. The molecule has 1 amide bonds. The predicted molar refractivity (Wildman–Crippen MR) is 104 cm³/mol. The average Bonchev–Trinajstić information content (AvgIpc) is 2.69. The molecule has 0 aliphatic carbocycles. The maximum atomic E-state index is 12.8. The monoisotopic (exact) mass is 360 g/mol. The number of carbonyl (C=O) groups excluding carboxylic acids is 1. The smallest absolute Gasteiger partial charge is 0.254 e. The van der Waals surface area contributed by atoms with E-state index in [0.29, 0.717) is 5.92 Å². The third kappa shape index (κ3) is 4.95. The van der Waals surface area contributed by atoms with Crippen molar-refractivity contribution >= 4 is 11.7 Å². The normalized spacial score (nSPS) is 21.8. The Labute approximate surface area is 157 Å². The molecule has 6 heteroatoms. The number of anilines is 1. The van der Waals surface area contributed by atoms with Gasteiger partial charge >= 0.3 is 0 Å². The van der Waals surface area contributed by atoms with Crippen LogP contribution in [0.1, 0.15) is 36.0 Å². The van der Waals surface area contributed by atoms with Crippen molar-refractivity contribution in [1.82, 2.24) is 14.8 Å². The molecule has 0 spiro atoms. The molecule has 144 valence electrons. The first kappa shape index (κ1) is 19.1. The van der Waals surface area contributed by atoms with Crippen LogP contribution in [0, 0.1) is 5.92 Å². The summed E-state index contributed by atoms with van der Waals surface area (Å²) in [5, 5.41) is 0. The molecule has 1 aromatic heterocycles. The fourth-order valence-electron chi connectivity index (χ4n) is 3.94. The molecule has 0 unspecified atom stereocenters. The van der Waals surface area contributed by atoms with Crippen molar-refractivity contribution in [3.05, 3.63) is 23.9 Å². The molecule has 2 aliphatic heterocycles. The average molecular weight is 361 g/mol. The van der Waals surface area contributed by atoms with Crippen LogP contribution in [0.3, 0.4) is 0 Å². The Bertz CT molecular complexity index is 587. The van der Waals surface area contributed by atoms with Gasteiger partial charge in [-0.05, 0) is 50.8 Å². The van der Waals surface area contributed by atoms with Gasteiger partial charge in [-0.15, -0.1) is 0 Å². The molecule has 0 radical (unpaired) electrons. The SMILES string of the molecule is COCCC[C@H]1CCCN(c2cc(C(=O)N3CCN(C)CC3)ccn2)C1. The molecule has 2 aliphatic rings. The summed E-state index contributed by atoms with van der Waals surface area (Å²) in [4.78, 5) is 24.0. The van der Waals surface area contributed by atoms with Gasteiger partial charge in [-0.25, -0.2) is 4.98 Å². The van der Waals surface area contributed by atoms with Gasteiger partial charge in [0.25, 0.3) is 5.91 Å². The van der Waals surface area contributed by atoms with Crippen LogP contribution in [-0.4, -0.2) is 80.7 Å². The number of aromatic nitrogens is 1. The number of likely N-dealkylation sites (N-methyl/N-ethyl adjacent to an activating group) is 1. The van der Waals surface area contributed by atoms with Crippen LogP contribution in [0.25, 0.3) is 0 Å². The first-order chi connectivity index (χ1) is 12.7. The number of carbonyl (C=O) groups is 1. The summed E-state index contributed by atoms with van der Waals surface area (Å²) in [6.45, 7) is 6.39. The van der Waals surface area contributed by atoms with Crippen LogP contribution in [0.4, 0.5) is 5.82 Å². The Morgan fingerprint density at radius 3 is 2.85 bits per heavy atom. The summed E-state index contributed by atoms with van der Waals surface area (Å²) in [7, 11) is 3.87. The van der Waals surface area contributed by atoms with E-state index in [9.17, 15) is 4.79 Å². The second-order valence-electron chi connectivity index (χ2n) is 7.59. The minimum atomic E-state index is 0.135. The second kappa shape index (κ2) is 9.33. The van der Waals surface area contributed by atoms with E-state index >= 15 is 0 Å². The molecule has 1 aromatic rings. The predicted octanol–water partition coefficient (Wildman–Crippen LogP) is 2.11. The number of hydrogen-bond acceptors (Lipinski definition) is 5. The maximum Gasteiger partial charge on any atom is 0.254 e. The number of pyridine rings is 1. The van der Waals surface area contributed by atoms with Crippen molar-refractivity contribution < 1.29 is 9.53 Å². The molecule has 0 aromatic carbocycles. The van der Waals surface area contributed by atoms with Gasteiger partial charge in [0.05, 0.1) is 0 Å². The summed E-state index contributed by atoms with van der Waals surface area (Å²) in [5.74, 6) is 1.77. The van der Waals surface area contributed by atoms with Gasteiger partial charge in [0, 0.05) is 64.7 Å². The summed E-state index contributed by atoms with van der Waals surface area (Å²) in [6, 6.07) is 3.84. The van der Waals surface area contributed by atoms with E-state index in [2.05, 4.69) is 21.8 Å². The number of ether oxygens (including phenoxy) is 1. The Kier molecular flexibility index (Phi) is 6.86. The van der Waals surface area contributed by atoms with E-state index in [1.54, 1.807) is 13.3 Å². The topological polar surface area (TPSA) is 48.9 Å². The Morgan fingerprint density at radius 2 is 2.08 bits per heavy atom. The third-order valence-corrected chi connectivity index (χ3v) is 5.59. The van der Waals surface area contributed by atoms with Gasteiger partial charge in [-0.1, -0.05) is 0 Å². The quantitative estimate of drug-likeness (QED) is 0.727. The Balaban J connectivity index is 1.62. The van der Waals surface area contributed by atoms with Crippen molar-refractivity contribution in [1.29, 1.82) is 0 Å². The summed E-state index contributed by atoms with van der Waals surface area (Å²) in [5.41, 5.74) is 0.765.